The molecule has 7 heteroatoms. The number of guanidine groups is 1. The Balaban J connectivity index is 0.00000240. The molecule has 0 unspecified atom stereocenters. The SMILES string of the molecule is CCNC(=NCC1(c2ccccc2)CCC1)N1CCN(Cc2ccon2)CC1.I. The zero-order valence-corrected chi connectivity index (χ0v) is 19.5. The van der Waals surface area contributed by atoms with E-state index in [4.69, 9.17) is 9.52 Å². The largest absolute Gasteiger partial charge is 0.364 e. The van der Waals surface area contributed by atoms with Crippen molar-refractivity contribution < 1.29 is 4.52 Å². The molecule has 0 spiro atoms. The topological polar surface area (TPSA) is 56.9 Å². The summed E-state index contributed by atoms with van der Waals surface area (Å²) in [4.78, 5) is 9.92. The summed E-state index contributed by atoms with van der Waals surface area (Å²) in [7, 11) is 0. The third kappa shape index (κ3) is 5.31. The lowest BCUT2D eigenvalue weighted by atomic mass is 9.64. The zero-order chi connectivity index (χ0) is 19.2. The van der Waals surface area contributed by atoms with Crippen LogP contribution in [0, 0.1) is 0 Å². The minimum Gasteiger partial charge on any atom is -0.364 e. The molecule has 1 aromatic carbocycles. The highest BCUT2D eigenvalue weighted by molar-refractivity contribution is 14.0. The fourth-order valence-electron chi connectivity index (χ4n) is 4.25. The predicted octanol–water partition coefficient (Wildman–Crippen LogP) is 3.50. The number of piperazine rings is 1. The summed E-state index contributed by atoms with van der Waals surface area (Å²) in [5.41, 5.74) is 2.68. The van der Waals surface area contributed by atoms with Crippen LogP contribution in [0.15, 0.2) is 52.2 Å². The first-order valence-corrected chi connectivity index (χ1v) is 10.5. The molecule has 6 nitrogen and oxygen atoms in total. The molecule has 0 bridgehead atoms. The van der Waals surface area contributed by atoms with Crippen LogP contribution in [-0.4, -0.2) is 60.2 Å². The van der Waals surface area contributed by atoms with E-state index in [0.29, 0.717) is 0 Å². The zero-order valence-electron chi connectivity index (χ0n) is 17.2. The molecule has 2 heterocycles. The predicted molar refractivity (Wildman–Crippen MR) is 127 cm³/mol. The summed E-state index contributed by atoms with van der Waals surface area (Å²) < 4.78 is 4.95. The summed E-state index contributed by atoms with van der Waals surface area (Å²) in [6.07, 6.45) is 5.43. The van der Waals surface area contributed by atoms with Crippen molar-refractivity contribution in [3.05, 3.63) is 53.9 Å². The molecule has 0 atom stereocenters. The Hall–Kier alpha value is -1.61. The van der Waals surface area contributed by atoms with E-state index in [2.05, 4.69) is 57.5 Å². The van der Waals surface area contributed by atoms with Gasteiger partial charge >= 0.3 is 0 Å². The van der Waals surface area contributed by atoms with Crippen molar-refractivity contribution in [2.45, 2.75) is 38.1 Å². The van der Waals surface area contributed by atoms with Crippen LogP contribution in [0.3, 0.4) is 0 Å². The molecular formula is C22H32IN5O. The molecule has 29 heavy (non-hydrogen) atoms. The van der Waals surface area contributed by atoms with Gasteiger partial charge in [-0.05, 0) is 25.3 Å². The van der Waals surface area contributed by atoms with Gasteiger partial charge in [0.25, 0.3) is 0 Å². The number of nitrogens with one attached hydrogen (secondary N) is 1. The van der Waals surface area contributed by atoms with E-state index in [1.807, 2.05) is 6.07 Å². The maximum Gasteiger partial charge on any atom is 0.194 e. The van der Waals surface area contributed by atoms with Gasteiger partial charge in [0.05, 0.1) is 12.2 Å². The smallest absolute Gasteiger partial charge is 0.194 e. The lowest BCUT2D eigenvalue weighted by Crippen LogP contribution is -2.52. The Morgan fingerprint density at radius 1 is 1.14 bits per heavy atom. The molecule has 0 amide bonds. The second-order valence-corrected chi connectivity index (χ2v) is 7.92. The molecule has 158 valence electrons. The van der Waals surface area contributed by atoms with E-state index in [1.165, 1.54) is 24.8 Å². The van der Waals surface area contributed by atoms with Gasteiger partial charge in [-0.3, -0.25) is 9.89 Å². The van der Waals surface area contributed by atoms with Crippen molar-refractivity contribution in [1.29, 1.82) is 0 Å². The van der Waals surface area contributed by atoms with Gasteiger partial charge < -0.3 is 14.7 Å². The number of hydrogen-bond acceptors (Lipinski definition) is 4. The minimum absolute atomic E-state index is 0. The van der Waals surface area contributed by atoms with E-state index in [1.54, 1.807) is 6.26 Å². The normalized spacial score (nSPS) is 19.3. The molecule has 1 saturated heterocycles. The molecule has 1 aliphatic carbocycles. The van der Waals surface area contributed by atoms with Gasteiger partial charge in [-0.1, -0.05) is 41.9 Å². The van der Waals surface area contributed by atoms with E-state index in [9.17, 15) is 0 Å². The van der Waals surface area contributed by atoms with Crippen LogP contribution in [0.1, 0.15) is 37.4 Å². The lowest BCUT2D eigenvalue weighted by Gasteiger charge is -2.42. The molecule has 4 rings (SSSR count). The highest BCUT2D eigenvalue weighted by atomic mass is 127. The van der Waals surface area contributed by atoms with Crippen molar-refractivity contribution >= 4 is 29.9 Å². The number of benzene rings is 1. The van der Waals surface area contributed by atoms with Crippen molar-refractivity contribution in [3.63, 3.8) is 0 Å². The van der Waals surface area contributed by atoms with Crippen LogP contribution in [0.2, 0.25) is 0 Å². The Morgan fingerprint density at radius 2 is 1.90 bits per heavy atom. The Labute approximate surface area is 190 Å². The van der Waals surface area contributed by atoms with E-state index >= 15 is 0 Å². The van der Waals surface area contributed by atoms with Crippen molar-refractivity contribution in [3.8, 4) is 0 Å². The minimum atomic E-state index is 0. The van der Waals surface area contributed by atoms with Gasteiger partial charge in [-0.2, -0.15) is 0 Å². The quantitative estimate of drug-likeness (QED) is 0.367. The second kappa shape index (κ2) is 10.4. The summed E-state index contributed by atoms with van der Waals surface area (Å²) in [6, 6.07) is 12.9. The molecule has 1 aromatic heterocycles. The Kier molecular flexibility index (Phi) is 7.94. The number of aliphatic imine (C=N–C) groups is 1. The van der Waals surface area contributed by atoms with Crippen molar-refractivity contribution in [1.82, 2.24) is 20.3 Å². The third-order valence-electron chi connectivity index (χ3n) is 6.11. The molecule has 1 aliphatic heterocycles. The number of nitrogens with zero attached hydrogens (tertiary/aromatic N) is 4. The van der Waals surface area contributed by atoms with Gasteiger partial charge in [-0.25, -0.2) is 0 Å². The van der Waals surface area contributed by atoms with Gasteiger partial charge in [0, 0.05) is 50.7 Å². The van der Waals surface area contributed by atoms with Crippen molar-refractivity contribution in [2.75, 3.05) is 39.3 Å². The molecule has 2 aromatic rings. The molecule has 1 N–H and O–H groups in total. The van der Waals surface area contributed by atoms with Crippen LogP contribution in [0.25, 0.3) is 0 Å². The van der Waals surface area contributed by atoms with Gasteiger partial charge in [0.1, 0.15) is 6.26 Å². The molecule has 1 saturated carbocycles. The molecule has 0 radical (unpaired) electrons. The summed E-state index contributed by atoms with van der Waals surface area (Å²) >= 11 is 0. The van der Waals surface area contributed by atoms with Gasteiger partial charge in [0.2, 0.25) is 0 Å². The molecule has 2 fully saturated rings. The Bertz CT molecular complexity index is 753. The van der Waals surface area contributed by atoms with Gasteiger partial charge in [0.15, 0.2) is 5.96 Å². The third-order valence-corrected chi connectivity index (χ3v) is 6.11. The lowest BCUT2D eigenvalue weighted by molar-refractivity contribution is 0.168. The average Bonchev–Trinajstić information content (AvgIpc) is 3.21. The van der Waals surface area contributed by atoms with Crippen LogP contribution in [0.4, 0.5) is 0 Å². The highest BCUT2D eigenvalue weighted by Crippen LogP contribution is 2.43. The number of halogens is 1. The first-order valence-electron chi connectivity index (χ1n) is 10.5. The van der Waals surface area contributed by atoms with E-state index < -0.39 is 0 Å². The van der Waals surface area contributed by atoms with E-state index in [0.717, 1.165) is 57.5 Å². The standard InChI is InChI=1S/C22H31N5O.HI/c1-2-23-21(24-18-22(10-6-11-22)19-7-4-3-5-8-19)27-14-12-26(13-15-27)17-20-9-16-28-25-20;/h3-5,7-9,16H,2,6,10-15,17-18H2,1H3,(H,23,24);1H. The van der Waals surface area contributed by atoms with Gasteiger partial charge in [-0.15, -0.1) is 24.0 Å². The number of hydrogen-bond donors (Lipinski definition) is 1. The molecule has 2 aliphatic rings. The second-order valence-electron chi connectivity index (χ2n) is 7.92. The fourth-order valence-corrected chi connectivity index (χ4v) is 4.25. The monoisotopic (exact) mass is 509 g/mol. The first-order chi connectivity index (χ1) is 13.8. The highest BCUT2D eigenvalue weighted by Gasteiger charge is 2.38. The Morgan fingerprint density at radius 3 is 2.48 bits per heavy atom. The summed E-state index contributed by atoms with van der Waals surface area (Å²) in [5, 5.41) is 7.54. The summed E-state index contributed by atoms with van der Waals surface area (Å²) in [5.74, 6) is 1.06. The maximum atomic E-state index is 5.09. The van der Waals surface area contributed by atoms with Crippen LogP contribution >= 0.6 is 24.0 Å². The van der Waals surface area contributed by atoms with Crippen LogP contribution < -0.4 is 5.32 Å². The average molecular weight is 509 g/mol. The van der Waals surface area contributed by atoms with E-state index in [-0.39, 0.29) is 29.4 Å². The maximum absolute atomic E-state index is 5.09. The number of aromatic nitrogens is 1. The number of rotatable bonds is 6. The fraction of sp³-hybridized carbons (Fsp3) is 0.545. The van der Waals surface area contributed by atoms with Crippen LogP contribution in [0.5, 0.6) is 0 Å². The molecular weight excluding hydrogens is 477 g/mol. The summed E-state index contributed by atoms with van der Waals surface area (Å²) in [6.45, 7) is 8.78. The first kappa shape index (κ1) is 22.1. The van der Waals surface area contributed by atoms with Crippen LogP contribution in [-0.2, 0) is 12.0 Å². The van der Waals surface area contributed by atoms with Crippen molar-refractivity contribution in [2.24, 2.45) is 4.99 Å².